The molecule has 0 bridgehead atoms. The molecule has 0 heterocycles. The summed E-state index contributed by atoms with van der Waals surface area (Å²) in [4.78, 5) is 12.1. The number of benzene rings is 1. The quantitative estimate of drug-likeness (QED) is 0.785. The molecule has 1 aromatic carbocycles. The van der Waals surface area contributed by atoms with Crippen LogP contribution in [0.25, 0.3) is 0 Å². The molecule has 3 N–H and O–H groups in total. The van der Waals surface area contributed by atoms with Gasteiger partial charge in [-0.1, -0.05) is 0 Å². The van der Waals surface area contributed by atoms with Gasteiger partial charge in [0.1, 0.15) is 5.75 Å². The van der Waals surface area contributed by atoms with Crippen molar-refractivity contribution in [2.75, 3.05) is 25.6 Å². The molecule has 0 radical (unpaired) electrons. The predicted octanol–water partition coefficient (Wildman–Crippen LogP) is 0.830. The van der Waals surface area contributed by atoms with Crippen molar-refractivity contribution in [3.05, 3.63) is 23.8 Å². The van der Waals surface area contributed by atoms with E-state index in [4.69, 9.17) is 10.5 Å². The minimum Gasteiger partial charge on any atom is -0.497 e. The van der Waals surface area contributed by atoms with Gasteiger partial charge in [0.15, 0.2) is 9.84 Å². The summed E-state index contributed by atoms with van der Waals surface area (Å²) >= 11 is 0. The monoisotopic (exact) mass is 300 g/mol. The first kappa shape index (κ1) is 16.3. The highest BCUT2D eigenvalue weighted by atomic mass is 32.2. The van der Waals surface area contributed by atoms with Crippen LogP contribution in [0, 0.1) is 0 Å². The second-order valence-electron chi connectivity index (χ2n) is 5.17. The maximum atomic E-state index is 12.1. The van der Waals surface area contributed by atoms with Crippen molar-refractivity contribution in [2.24, 2.45) is 0 Å². The van der Waals surface area contributed by atoms with Gasteiger partial charge in [-0.15, -0.1) is 0 Å². The van der Waals surface area contributed by atoms with Crippen LogP contribution in [0.2, 0.25) is 0 Å². The van der Waals surface area contributed by atoms with Gasteiger partial charge in [-0.05, 0) is 32.0 Å². The molecule has 0 spiro atoms. The van der Waals surface area contributed by atoms with Crippen LogP contribution in [0.15, 0.2) is 18.2 Å². The zero-order valence-electron chi connectivity index (χ0n) is 12.1. The Morgan fingerprint density at radius 1 is 1.40 bits per heavy atom. The smallest absolute Gasteiger partial charge is 0.253 e. The van der Waals surface area contributed by atoms with Crippen molar-refractivity contribution < 1.29 is 17.9 Å². The maximum absolute atomic E-state index is 12.1. The molecular weight excluding hydrogens is 280 g/mol. The second kappa shape index (κ2) is 5.70. The molecule has 7 heteroatoms. The standard InChI is InChI=1S/C13H20N2O4S/c1-13(2,20(4,17)18)8-15-12(16)10-7-9(19-3)5-6-11(10)14/h5-7H,8,14H2,1-4H3,(H,15,16). The van der Waals surface area contributed by atoms with Gasteiger partial charge in [-0.3, -0.25) is 4.79 Å². The number of hydrogen-bond donors (Lipinski definition) is 2. The Kier molecular flexibility index (Phi) is 4.65. The van der Waals surface area contributed by atoms with E-state index < -0.39 is 20.5 Å². The SMILES string of the molecule is COc1ccc(N)c(C(=O)NCC(C)(C)S(C)(=O)=O)c1. The highest BCUT2D eigenvalue weighted by Crippen LogP contribution is 2.20. The number of carbonyl (C=O) groups excluding carboxylic acids is 1. The topological polar surface area (TPSA) is 98.5 Å². The first-order valence-electron chi connectivity index (χ1n) is 6.00. The van der Waals surface area contributed by atoms with E-state index in [2.05, 4.69) is 5.32 Å². The fourth-order valence-corrected chi connectivity index (χ4v) is 1.71. The molecule has 0 saturated carbocycles. The van der Waals surface area contributed by atoms with E-state index in [1.165, 1.54) is 13.2 Å². The van der Waals surface area contributed by atoms with Crippen molar-refractivity contribution in [1.29, 1.82) is 0 Å². The van der Waals surface area contributed by atoms with Gasteiger partial charge in [-0.2, -0.15) is 0 Å². The molecule has 20 heavy (non-hydrogen) atoms. The second-order valence-corrected chi connectivity index (χ2v) is 7.82. The van der Waals surface area contributed by atoms with E-state index in [9.17, 15) is 13.2 Å². The van der Waals surface area contributed by atoms with Gasteiger partial charge in [0.2, 0.25) is 0 Å². The number of carbonyl (C=O) groups is 1. The lowest BCUT2D eigenvalue weighted by Crippen LogP contribution is -2.43. The number of nitrogens with two attached hydrogens (primary N) is 1. The fourth-order valence-electron chi connectivity index (χ4n) is 1.38. The number of methoxy groups -OCH3 is 1. The molecule has 0 saturated heterocycles. The van der Waals surface area contributed by atoms with Crippen LogP contribution >= 0.6 is 0 Å². The van der Waals surface area contributed by atoms with Gasteiger partial charge in [-0.25, -0.2) is 8.42 Å². The van der Waals surface area contributed by atoms with Crippen LogP contribution in [-0.2, 0) is 9.84 Å². The normalized spacial score (nSPS) is 12.0. The first-order chi connectivity index (χ1) is 9.08. The largest absolute Gasteiger partial charge is 0.497 e. The van der Waals surface area contributed by atoms with E-state index in [0.717, 1.165) is 6.26 Å². The van der Waals surface area contributed by atoms with Crippen molar-refractivity contribution in [2.45, 2.75) is 18.6 Å². The molecule has 6 nitrogen and oxygen atoms in total. The molecule has 0 aliphatic heterocycles. The lowest BCUT2D eigenvalue weighted by Gasteiger charge is -2.23. The fraction of sp³-hybridized carbons (Fsp3) is 0.462. The first-order valence-corrected chi connectivity index (χ1v) is 7.89. The van der Waals surface area contributed by atoms with Gasteiger partial charge in [0.25, 0.3) is 5.91 Å². The Morgan fingerprint density at radius 2 is 2.00 bits per heavy atom. The van der Waals surface area contributed by atoms with Crippen LogP contribution in [0.4, 0.5) is 5.69 Å². The van der Waals surface area contributed by atoms with Crippen molar-refractivity contribution >= 4 is 21.4 Å². The summed E-state index contributed by atoms with van der Waals surface area (Å²) in [6.07, 6.45) is 1.14. The average molecular weight is 300 g/mol. The Morgan fingerprint density at radius 3 is 2.50 bits per heavy atom. The Bertz CT molecular complexity index is 609. The van der Waals surface area contributed by atoms with E-state index in [1.807, 2.05) is 0 Å². The summed E-state index contributed by atoms with van der Waals surface area (Å²) in [6, 6.07) is 4.72. The Hall–Kier alpha value is -1.76. The minimum atomic E-state index is -3.27. The molecule has 1 rings (SSSR count). The molecule has 0 fully saturated rings. The molecule has 112 valence electrons. The Labute approximate surface area is 119 Å². The number of nitrogens with one attached hydrogen (secondary N) is 1. The number of rotatable bonds is 5. The summed E-state index contributed by atoms with van der Waals surface area (Å²) < 4.78 is 27.1. The summed E-state index contributed by atoms with van der Waals surface area (Å²) in [5.41, 5.74) is 6.30. The molecule has 1 amide bonds. The third kappa shape index (κ3) is 3.63. The van der Waals surface area contributed by atoms with E-state index >= 15 is 0 Å². The molecule has 1 aromatic rings. The zero-order valence-corrected chi connectivity index (χ0v) is 12.9. The van der Waals surface area contributed by atoms with Crippen LogP contribution in [-0.4, -0.2) is 39.0 Å². The van der Waals surface area contributed by atoms with Gasteiger partial charge in [0.05, 0.1) is 17.4 Å². The Balaban J connectivity index is 2.88. The summed E-state index contributed by atoms with van der Waals surface area (Å²) in [6.45, 7) is 3.11. The van der Waals surface area contributed by atoms with Gasteiger partial charge < -0.3 is 15.8 Å². The van der Waals surface area contributed by atoms with E-state index in [0.29, 0.717) is 11.4 Å². The van der Waals surface area contributed by atoms with Crippen LogP contribution in [0.5, 0.6) is 5.75 Å². The highest BCUT2D eigenvalue weighted by Gasteiger charge is 2.30. The number of sulfone groups is 1. The van der Waals surface area contributed by atoms with Crippen LogP contribution in [0.3, 0.4) is 0 Å². The van der Waals surface area contributed by atoms with E-state index in [1.54, 1.807) is 26.0 Å². The average Bonchev–Trinajstić information content (AvgIpc) is 2.35. The molecule has 0 aliphatic carbocycles. The van der Waals surface area contributed by atoms with Gasteiger partial charge >= 0.3 is 0 Å². The van der Waals surface area contributed by atoms with Crippen LogP contribution in [0.1, 0.15) is 24.2 Å². The lowest BCUT2D eigenvalue weighted by atomic mass is 10.1. The lowest BCUT2D eigenvalue weighted by molar-refractivity contribution is 0.0951. The highest BCUT2D eigenvalue weighted by molar-refractivity contribution is 7.92. The summed E-state index contributed by atoms with van der Waals surface area (Å²) in [5, 5.41) is 2.58. The third-order valence-electron chi connectivity index (χ3n) is 3.18. The number of nitrogen functional groups attached to an aromatic ring is 1. The zero-order chi connectivity index (χ0) is 15.6. The van der Waals surface area contributed by atoms with Crippen molar-refractivity contribution in [3.8, 4) is 5.75 Å². The number of hydrogen-bond acceptors (Lipinski definition) is 5. The van der Waals surface area contributed by atoms with Crippen LogP contribution < -0.4 is 15.8 Å². The molecule has 0 atom stereocenters. The maximum Gasteiger partial charge on any atom is 0.253 e. The number of amides is 1. The van der Waals surface area contributed by atoms with Gasteiger partial charge in [0, 0.05) is 18.5 Å². The molecule has 0 unspecified atom stereocenters. The third-order valence-corrected chi connectivity index (χ3v) is 5.34. The number of anilines is 1. The van der Waals surface area contributed by atoms with E-state index in [-0.39, 0.29) is 12.1 Å². The summed E-state index contributed by atoms with van der Waals surface area (Å²) in [7, 11) is -1.79. The summed E-state index contributed by atoms with van der Waals surface area (Å²) in [5.74, 6) is 0.0739. The minimum absolute atomic E-state index is 0.00131. The molecule has 0 aromatic heterocycles. The predicted molar refractivity (Wildman–Crippen MR) is 78.7 cm³/mol. The molecular formula is C13H20N2O4S. The number of ether oxygens (including phenoxy) is 1. The molecule has 0 aliphatic rings. The van der Waals surface area contributed by atoms with Crippen molar-refractivity contribution in [3.63, 3.8) is 0 Å². The van der Waals surface area contributed by atoms with Crippen molar-refractivity contribution in [1.82, 2.24) is 5.32 Å².